The molecule has 1 atom stereocenters. The standard InChI is InChI=1S/C15H26N4O2S.HI/c1-11-14(22-12(2)19-11)9-18-15(16-3)17-6-8-20-10-13-5-4-7-21-13;/h13H,4-10H2,1-3H3,(H2,16,17,18);1H. The first-order valence-electron chi connectivity index (χ1n) is 7.76. The number of aryl methyl sites for hydroxylation is 2. The van der Waals surface area contributed by atoms with E-state index in [2.05, 4.69) is 20.6 Å². The number of nitrogens with one attached hydrogen (secondary N) is 2. The molecule has 0 aliphatic carbocycles. The summed E-state index contributed by atoms with van der Waals surface area (Å²) in [5, 5.41) is 7.65. The summed E-state index contributed by atoms with van der Waals surface area (Å²) in [6.45, 7) is 7.75. The van der Waals surface area contributed by atoms with Crippen LogP contribution in [0.25, 0.3) is 0 Å². The Hall–Kier alpha value is -0.450. The van der Waals surface area contributed by atoms with E-state index in [4.69, 9.17) is 9.47 Å². The van der Waals surface area contributed by atoms with Crippen molar-refractivity contribution in [1.29, 1.82) is 0 Å². The van der Waals surface area contributed by atoms with Gasteiger partial charge in [-0.1, -0.05) is 0 Å². The van der Waals surface area contributed by atoms with Crippen molar-refractivity contribution in [3.05, 3.63) is 15.6 Å². The van der Waals surface area contributed by atoms with Crippen LogP contribution in [-0.2, 0) is 16.0 Å². The van der Waals surface area contributed by atoms with Crippen LogP contribution in [0, 0.1) is 13.8 Å². The summed E-state index contributed by atoms with van der Waals surface area (Å²) >= 11 is 1.72. The van der Waals surface area contributed by atoms with Crippen LogP contribution < -0.4 is 10.6 Å². The van der Waals surface area contributed by atoms with Gasteiger partial charge in [-0.3, -0.25) is 4.99 Å². The summed E-state index contributed by atoms with van der Waals surface area (Å²) in [4.78, 5) is 9.88. The van der Waals surface area contributed by atoms with Gasteiger partial charge >= 0.3 is 0 Å². The van der Waals surface area contributed by atoms with Gasteiger partial charge in [0.2, 0.25) is 0 Å². The smallest absolute Gasteiger partial charge is 0.191 e. The lowest BCUT2D eigenvalue weighted by Crippen LogP contribution is -2.38. The number of nitrogens with zero attached hydrogens (tertiary/aromatic N) is 2. The Morgan fingerprint density at radius 2 is 2.26 bits per heavy atom. The number of rotatable bonds is 7. The zero-order valence-electron chi connectivity index (χ0n) is 14.1. The number of guanidine groups is 1. The molecular formula is C15H27IN4O2S. The van der Waals surface area contributed by atoms with Crippen molar-refractivity contribution in [3.63, 3.8) is 0 Å². The summed E-state index contributed by atoms with van der Waals surface area (Å²) in [6, 6.07) is 0. The molecular weight excluding hydrogens is 427 g/mol. The fourth-order valence-electron chi connectivity index (χ4n) is 2.35. The maximum atomic E-state index is 5.62. The molecule has 6 nitrogen and oxygen atoms in total. The molecule has 132 valence electrons. The third kappa shape index (κ3) is 7.32. The van der Waals surface area contributed by atoms with E-state index in [1.54, 1.807) is 18.4 Å². The SMILES string of the molecule is CN=C(NCCOCC1CCCO1)NCc1sc(C)nc1C.I. The van der Waals surface area contributed by atoms with E-state index in [0.717, 1.165) is 49.2 Å². The van der Waals surface area contributed by atoms with Gasteiger partial charge in [-0.05, 0) is 26.7 Å². The van der Waals surface area contributed by atoms with E-state index >= 15 is 0 Å². The Balaban J connectivity index is 0.00000264. The minimum Gasteiger partial charge on any atom is -0.377 e. The first kappa shape index (κ1) is 20.6. The molecule has 1 aliphatic rings. The van der Waals surface area contributed by atoms with Gasteiger partial charge in [0.1, 0.15) is 0 Å². The second-order valence-corrected chi connectivity index (χ2v) is 6.59. The summed E-state index contributed by atoms with van der Waals surface area (Å²) < 4.78 is 11.1. The summed E-state index contributed by atoms with van der Waals surface area (Å²) in [6.07, 6.45) is 2.55. The molecule has 1 fully saturated rings. The Labute approximate surface area is 159 Å². The molecule has 8 heteroatoms. The highest BCUT2D eigenvalue weighted by Gasteiger charge is 2.14. The highest BCUT2D eigenvalue weighted by Crippen LogP contribution is 2.16. The molecule has 1 aromatic heterocycles. The van der Waals surface area contributed by atoms with Crippen LogP contribution in [0.4, 0.5) is 0 Å². The van der Waals surface area contributed by atoms with Gasteiger partial charge in [-0.2, -0.15) is 0 Å². The molecule has 2 heterocycles. The van der Waals surface area contributed by atoms with Crippen molar-refractivity contribution in [3.8, 4) is 0 Å². The molecule has 23 heavy (non-hydrogen) atoms. The van der Waals surface area contributed by atoms with Gasteiger partial charge in [-0.15, -0.1) is 35.3 Å². The zero-order valence-corrected chi connectivity index (χ0v) is 17.2. The minimum absolute atomic E-state index is 0. The topological polar surface area (TPSA) is 67.8 Å². The van der Waals surface area contributed by atoms with E-state index < -0.39 is 0 Å². The Kier molecular flexibility index (Phi) is 10.00. The maximum absolute atomic E-state index is 5.62. The average Bonchev–Trinajstić information content (AvgIpc) is 3.11. The molecule has 1 unspecified atom stereocenters. The number of hydrogen-bond donors (Lipinski definition) is 2. The summed E-state index contributed by atoms with van der Waals surface area (Å²) in [5.74, 6) is 0.783. The lowest BCUT2D eigenvalue weighted by atomic mass is 10.2. The predicted molar refractivity (Wildman–Crippen MR) is 105 cm³/mol. The Morgan fingerprint density at radius 3 is 2.87 bits per heavy atom. The number of halogens is 1. The van der Waals surface area contributed by atoms with Gasteiger partial charge in [0.05, 0.1) is 36.6 Å². The van der Waals surface area contributed by atoms with Crippen molar-refractivity contribution in [2.45, 2.75) is 39.3 Å². The van der Waals surface area contributed by atoms with Crippen LogP contribution in [0.1, 0.15) is 28.4 Å². The summed E-state index contributed by atoms with van der Waals surface area (Å²) in [7, 11) is 1.77. The molecule has 1 aromatic rings. The molecule has 0 radical (unpaired) electrons. The lowest BCUT2D eigenvalue weighted by molar-refractivity contribution is 0.0191. The average molecular weight is 454 g/mol. The Morgan fingerprint density at radius 1 is 1.43 bits per heavy atom. The van der Waals surface area contributed by atoms with Crippen LogP contribution >= 0.6 is 35.3 Å². The first-order valence-corrected chi connectivity index (χ1v) is 8.57. The highest BCUT2D eigenvalue weighted by atomic mass is 127. The molecule has 0 saturated carbocycles. The third-order valence-corrected chi connectivity index (χ3v) is 4.58. The van der Waals surface area contributed by atoms with Crippen LogP contribution in [0.15, 0.2) is 4.99 Å². The normalized spacial score (nSPS) is 17.9. The van der Waals surface area contributed by atoms with Crippen LogP contribution in [0.5, 0.6) is 0 Å². The van der Waals surface area contributed by atoms with E-state index in [0.29, 0.717) is 13.2 Å². The van der Waals surface area contributed by atoms with Crippen molar-refractivity contribution < 1.29 is 9.47 Å². The van der Waals surface area contributed by atoms with Crippen LogP contribution in [-0.4, -0.2) is 50.5 Å². The number of ether oxygens (including phenoxy) is 2. The van der Waals surface area contributed by atoms with Gasteiger partial charge < -0.3 is 20.1 Å². The molecule has 1 aliphatic heterocycles. The van der Waals surface area contributed by atoms with Crippen molar-refractivity contribution in [2.75, 3.05) is 33.4 Å². The zero-order chi connectivity index (χ0) is 15.8. The first-order chi connectivity index (χ1) is 10.7. The minimum atomic E-state index is 0. The third-order valence-electron chi connectivity index (χ3n) is 3.51. The van der Waals surface area contributed by atoms with Gasteiger partial charge in [-0.25, -0.2) is 4.98 Å². The number of thiazole rings is 1. The molecule has 1 saturated heterocycles. The van der Waals surface area contributed by atoms with Gasteiger partial charge in [0.25, 0.3) is 0 Å². The van der Waals surface area contributed by atoms with Crippen LogP contribution in [0.2, 0.25) is 0 Å². The second kappa shape index (κ2) is 11.2. The fraction of sp³-hybridized carbons (Fsp3) is 0.733. The predicted octanol–water partition coefficient (Wildman–Crippen LogP) is 2.24. The maximum Gasteiger partial charge on any atom is 0.191 e. The monoisotopic (exact) mass is 454 g/mol. The fourth-order valence-corrected chi connectivity index (χ4v) is 3.23. The van der Waals surface area contributed by atoms with Crippen molar-refractivity contribution in [2.24, 2.45) is 4.99 Å². The van der Waals surface area contributed by atoms with Gasteiger partial charge in [0.15, 0.2) is 5.96 Å². The molecule has 0 aromatic carbocycles. The van der Waals surface area contributed by atoms with E-state index in [1.165, 1.54) is 4.88 Å². The second-order valence-electron chi connectivity index (χ2n) is 5.30. The van der Waals surface area contributed by atoms with Crippen molar-refractivity contribution >= 4 is 41.3 Å². The quantitative estimate of drug-likeness (QED) is 0.286. The van der Waals surface area contributed by atoms with E-state index in [9.17, 15) is 0 Å². The summed E-state index contributed by atoms with van der Waals surface area (Å²) in [5.41, 5.74) is 1.09. The number of aromatic nitrogens is 1. The molecule has 2 N–H and O–H groups in total. The van der Waals surface area contributed by atoms with Gasteiger partial charge in [0, 0.05) is 25.1 Å². The van der Waals surface area contributed by atoms with Crippen LogP contribution in [0.3, 0.4) is 0 Å². The molecule has 2 rings (SSSR count). The largest absolute Gasteiger partial charge is 0.377 e. The lowest BCUT2D eigenvalue weighted by Gasteiger charge is -2.13. The van der Waals surface area contributed by atoms with E-state index in [1.807, 2.05) is 13.8 Å². The number of aliphatic imine (C=N–C) groups is 1. The highest BCUT2D eigenvalue weighted by molar-refractivity contribution is 14.0. The molecule has 0 bridgehead atoms. The number of hydrogen-bond acceptors (Lipinski definition) is 5. The molecule has 0 amide bonds. The van der Waals surface area contributed by atoms with E-state index in [-0.39, 0.29) is 30.1 Å². The molecule has 0 spiro atoms. The Bertz CT molecular complexity index is 490. The van der Waals surface area contributed by atoms with Crippen molar-refractivity contribution in [1.82, 2.24) is 15.6 Å².